The van der Waals surface area contributed by atoms with Crippen LogP contribution < -0.4 is 11.1 Å². The van der Waals surface area contributed by atoms with Gasteiger partial charge in [0, 0.05) is 11.9 Å². The molecule has 1 fully saturated rings. The standard InChI is InChI=1S/C5H8N2O2/c6-3-1-2-4(8)7-5(3)9/h3H,1-2,6H2,(H,7,8,9)/i1D2,2D2. The second kappa shape index (κ2) is 2.14. The van der Waals surface area contributed by atoms with E-state index < -0.39 is 30.6 Å². The van der Waals surface area contributed by atoms with E-state index in [0.29, 0.717) is 0 Å². The molecule has 0 saturated carbocycles. The molecule has 1 heterocycles. The number of rotatable bonds is 0. The van der Waals surface area contributed by atoms with Crippen molar-refractivity contribution in [1.82, 2.24) is 5.32 Å². The lowest BCUT2D eigenvalue weighted by atomic mass is 10.1. The summed E-state index contributed by atoms with van der Waals surface area (Å²) in [7, 11) is 0. The number of nitrogens with one attached hydrogen (secondary N) is 1. The van der Waals surface area contributed by atoms with Crippen LogP contribution in [0.5, 0.6) is 0 Å². The van der Waals surface area contributed by atoms with Gasteiger partial charge in [0.05, 0.1) is 6.04 Å². The SMILES string of the molecule is [2H]C1([2H])C(=O)NC(=O)C(N)C1([2H])[2H]. The zero-order valence-corrected chi connectivity index (χ0v) is 4.47. The van der Waals surface area contributed by atoms with E-state index in [4.69, 9.17) is 11.2 Å². The summed E-state index contributed by atoms with van der Waals surface area (Å²) in [5.41, 5.74) is 5.11. The van der Waals surface area contributed by atoms with Crippen LogP contribution in [0.1, 0.15) is 18.2 Å². The molecule has 0 aromatic carbocycles. The Labute approximate surface area is 58.0 Å². The number of carbonyl (C=O) groups excluding carboxylic acids is 2. The van der Waals surface area contributed by atoms with E-state index in [2.05, 4.69) is 0 Å². The third-order valence-corrected chi connectivity index (χ3v) is 0.860. The van der Waals surface area contributed by atoms with Crippen LogP contribution in [-0.4, -0.2) is 17.9 Å². The van der Waals surface area contributed by atoms with Crippen LogP contribution >= 0.6 is 0 Å². The maximum absolute atomic E-state index is 10.9. The van der Waals surface area contributed by atoms with Crippen molar-refractivity contribution in [1.29, 1.82) is 0 Å². The van der Waals surface area contributed by atoms with E-state index in [1.807, 2.05) is 0 Å². The smallest absolute Gasteiger partial charge is 0.243 e. The van der Waals surface area contributed by atoms with Crippen LogP contribution in [0.4, 0.5) is 0 Å². The summed E-state index contributed by atoms with van der Waals surface area (Å²) in [4.78, 5) is 21.7. The van der Waals surface area contributed by atoms with Gasteiger partial charge < -0.3 is 5.73 Å². The van der Waals surface area contributed by atoms with Crippen LogP contribution in [0.25, 0.3) is 0 Å². The molecular weight excluding hydrogens is 120 g/mol. The second-order valence-corrected chi connectivity index (χ2v) is 1.57. The molecular formula is C5H8N2O2. The van der Waals surface area contributed by atoms with Crippen molar-refractivity contribution in [2.45, 2.75) is 18.8 Å². The van der Waals surface area contributed by atoms with Gasteiger partial charge in [-0.3, -0.25) is 14.9 Å². The van der Waals surface area contributed by atoms with Crippen molar-refractivity contribution in [2.24, 2.45) is 5.73 Å². The van der Waals surface area contributed by atoms with Crippen molar-refractivity contribution < 1.29 is 15.1 Å². The Hall–Kier alpha value is -0.900. The minimum absolute atomic E-state index is 0.995. The molecule has 2 amide bonds. The predicted molar refractivity (Wildman–Crippen MR) is 30.4 cm³/mol. The number of hydrogen-bond acceptors (Lipinski definition) is 3. The topological polar surface area (TPSA) is 72.2 Å². The predicted octanol–water partition coefficient (Wildman–Crippen LogP) is -1.25. The first kappa shape index (κ1) is 2.79. The molecule has 1 rings (SSSR count). The van der Waals surface area contributed by atoms with E-state index in [1.165, 1.54) is 0 Å². The summed E-state index contributed by atoms with van der Waals surface area (Å²) < 4.78 is 28.6. The van der Waals surface area contributed by atoms with Gasteiger partial charge >= 0.3 is 0 Å². The summed E-state index contributed by atoms with van der Waals surface area (Å²) in [6, 6.07) is -1.67. The molecule has 4 heteroatoms. The van der Waals surface area contributed by atoms with Crippen molar-refractivity contribution in [2.75, 3.05) is 0 Å². The zero-order valence-electron chi connectivity index (χ0n) is 8.47. The van der Waals surface area contributed by atoms with Crippen molar-refractivity contribution in [3.8, 4) is 0 Å². The quantitative estimate of drug-likeness (QED) is 0.404. The molecule has 0 radical (unpaired) electrons. The number of hydrogen-bond donors (Lipinski definition) is 2. The Bertz CT molecular complexity index is 278. The van der Waals surface area contributed by atoms with Gasteiger partial charge in [-0.1, -0.05) is 0 Å². The largest absolute Gasteiger partial charge is 0.320 e. The first-order chi connectivity index (χ1) is 5.71. The Morgan fingerprint density at radius 1 is 1.78 bits per heavy atom. The Balaban J connectivity index is 3.15. The molecule has 4 nitrogen and oxygen atoms in total. The highest BCUT2D eigenvalue weighted by molar-refractivity contribution is 6.00. The molecule has 0 bridgehead atoms. The van der Waals surface area contributed by atoms with Gasteiger partial charge in [0.15, 0.2) is 0 Å². The monoisotopic (exact) mass is 132 g/mol. The fourth-order valence-corrected chi connectivity index (χ4v) is 0.430. The highest BCUT2D eigenvalue weighted by atomic mass is 16.2. The van der Waals surface area contributed by atoms with Crippen molar-refractivity contribution in [3.63, 3.8) is 0 Å². The summed E-state index contributed by atoms with van der Waals surface area (Å²) in [5, 5.41) is 1.66. The lowest BCUT2D eigenvalue weighted by molar-refractivity contribution is -0.134. The molecule has 1 atom stereocenters. The van der Waals surface area contributed by atoms with Gasteiger partial charge in [0.2, 0.25) is 11.8 Å². The molecule has 9 heavy (non-hydrogen) atoms. The molecule has 1 unspecified atom stereocenters. The lowest BCUT2D eigenvalue weighted by Gasteiger charge is -2.15. The molecule has 0 aromatic heterocycles. The molecule has 1 aliphatic heterocycles. The number of carbonyl (C=O) groups is 2. The average Bonchev–Trinajstić information content (AvgIpc) is 2.00. The first-order valence-corrected chi connectivity index (χ1v) is 2.32. The Morgan fingerprint density at radius 2 is 2.44 bits per heavy atom. The summed E-state index contributed by atoms with van der Waals surface area (Å²) >= 11 is 0. The zero-order chi connectivity index (χ0) is 10.4. The van der Waals surface area contributed by atoms with Crippen LogP contribution in [0.3, 0.4) is 0 Å². The maximum Gasteiger partial charge on any atom is 0.243 e. The average molecular weight is 132 g/mol. The van der Waals surface area contributed by atoms with Gasteiger partial charge in [-0.2, -0.15) is 0 Å². The summed E-state index contributed by atoms with van der Waals surface area (Å²) in [6.07, 6.45) is -5.45. The van der Waals surface area contributed by atoms with E-state index in [9.17, 15) is 9.59 Å². The number of amides is 2. The molecule has 50 valence electrons. The third-order valence-electron chi connectivity index (χ3n) is 0.860. The van der Waals surface area contributed by atoms with Crippen LogP contribution in [0.15, 0.2) is 0 Å². The number of imide groups is 1. The normalized spacial score (nSPS) is 45.7. The molecule has 0 aliphatic carbocycles. The molecule has 3 N–H and O–H groups in total. The number of piperidine rings is 1. The van der Waals surface area contributed by atoms with Crippen LogP contribution in [0.2, 0.25) is 0 Å². The second-order valence-electron chi connectivity index (χ2n) is 1.57. The number of nitrogens with two attached hydrogens (primary N) is 1. The highest BCUT2D eigenvalue weighted by Gasteiger charge is 2.22. The van der Waals surface area contributed by atoms with Gasteiger partial charge in [-0.25, -0.2) is 0 Å². The van der Waals surface area contributed by atoms with Gasteiger partial charge in [-0.05, 0) is 6.37 Å². The van der Waals surface area contributed by atoms with Gasteiger partial charge in [-0.15, -0.1) is 0 Å². The van der Waals surface area contributed by atoms with Crippen molar-refractivity contribution >= 4 is 11.8 Å². The minimum atomic E-state index is -2.78. The van der Waals surface area contributed by atoms with Crippen molar-refractivity contribution in [3.05, 3.63) is 0 Å². The summed E-state index contributed by atoms with van der Waals surface area (Å²) in [5.74, 6) is -2.28. The Kier molecular flexibility index (Phi) is 0.664. The van der Waals surface area contributed by atoms with Crippen LogP contribution in [-0.2, 0) is 9.59 Å². The lowest BCUT2D eigenvalue weighted by Crippen LogP contribution is -2.48. The van der Waals surface area contributed by atoms with Crippen LogP contribution in [0, 0.1) is 0 Å². The molecule has 1 aliphatic rings. The summed E-state index contributed by atoms with van der Waals surface area (Å²) in [6.45, 7) is 0. The Morgan fingerprint density at radius 3 is 3.11 bits per heavy atom. The third kappa shape index (κ3) is 1.26. The molecule has 0 aromatic rings. The minimum Gasteiger partial charge on any atom is -0.320 e. The van der Waals surface area contributed by atoms with E-state index >= 15 is 0 Å². The van der Waals surface area contributed by atoms with E-state index in [-0.39, 0.29) is 0 Å². The fourth-order valence-electron chi connectivity index (χ4n) is 0.430. The molecule has 1 saturated heterocycles. The highest BCUT2D eigenvalue weighted by Crippen LogP contribution is 2.00. The first-order valence-electron chi connectivity index (χ1n) is 4.32. The van der Waals surface area contributed by atoms with Gasteiger partial charge in [0.25, 0.3) is 0 Å². The van der Waals surface area contributed by atoms with E-state index in [1.54, 1.807) is 5.32 Å². The fraction of sp³-hybridized carbons (Fsp3) is 0.600. The van der Waals surface area contributed by atoms with Gasteiger partial charge in [0.1, 0.15) is 0 Å². The van der Waals surface area contributed by atoms with E-state index in [0.717, 1.165) is 0 Å². The molecule has 0 spiro atoms. The maximum atomic E-state index is 10.9.